The molecule has 0 bridgehead atoms. The summed E-state index contributed by atoms with van der Waals surface area (Å²) in [5.41, 5.74) is 7.65. The van der Waals surface area contributed by atoms with Crippen LogP contribution in [0.4, 0.5) is 11.4 Å². The molecule has 2 amide bonds. The Hall–Kier alpha value is -2.86. The lowest BCUT2D eigenvalue weighted by atomic mass is 9.95. The third-order valence-corrected chi connectivity index (χ3v) is 5.06. The van der Waals surface area contributed by atoms with Gasteiger partial charge in [0.1, 0.15) is 5.75 Å². The molecule has 27 heavy (non-hydrogen) atoms. The van der Waals surface area contributed by atoms with Crippen LogP contribution in [0.25, 0.3) is 0 Å². The number of nitrogens with one attached hydrogen (secondary N) is 2. The Labute approximate surface area is 159 Å². The van der Waals surface area contributed by atoms with Crippen molar-refractivity contribution in [3.63, 3.8) is 0 Å². The molecule has 0 spiro atoms. The van der Waals surface area contributed by atoms with Gasteiger partial charge in [0.15, 0.2) is 0 Å². The average Bonchev–Trinajstić information content (AvgIpc) is 3.18. The molecule has 1 aliphatic rings. The first-order valence-electron chi connectivity index (χ1n) is 9.17. The monoisotopic (exact) mass is 367 g/mol. The van der Waals surface area contributed by atoms with Crippen LogP contribution in [-0.2, 0) is 4.79 Å². The van der Waals surface area contributed by atoms with Crippen LogP contribution < -0.4 is 21.1 Å². The summed E-state index contributed by atoms with van der Waals surface area (Å²) in [6, 6.07) is 14.0. The number of nitrogens with two attached hydrogens (primary N) is 1. The average molecular weight is 367 g/mol. The largest absolute Gasteiger partial charge is 0.497 e. The minimum atomic E-state index is -0.211. The SMILES string of the molecule is COc1ccc(NC(=O)c2ccc(NC(=O)[C@@H]3CCC[C@@H]3CN)cc2)cc1. The molecule has 6 nitrogen and oxygen atoms in total. The minimum Gasteiger partial charge on any atom is -0.497 e. The van der Waals surface area contributed by atoms with Crippen LogP contribution in [0.15, 0.2) is 48.5 Å². The molecule has 1 saturated carbocycles. The van der Waals surface area contributed by atoms with Crippen LogP contribution in [-0.4, -0.2) is 25.5 Å². The lowest BCUT2D eigenvalue weighted by Gasteiger charge is -2.17. The maximum absolute atomic E-state index is 12.4. The fourth-order valence-electron chi connectivity index (χ4n) is 3.48. The van der Waals surface area contributed by atoms with E-state index in [9.17, 15) is 9.59 Å². The fraction of sp³-hybridized carbons (Fsp3) is 0.333. The number of carbonyl (C=O) groups is 2. The fourth-order valence-corrected chi connectivity index (χ4v) is 3.48. The van der Waals surface area contributed by atoms with Crippen molar-refractivity contribution >= 4 is 23.2 Å². The Kier molecular flexibility index (Phi) is 6.08. The minimum absolute atomic E-state index is 0.0124. The van der Waals surface area contributed by atoms with Gasteiger partial charge < -0.3 is 21.1 Å². The van der Waals surface area contributed by atoms with Crippen LogP contribution in [0.2, 0.25) is 0 Å². The molecule has 0 aliphatic heterocycles. The highest BCUT2D eigenvalue weighted by molar-refractivity contribution is 6.04. The van der Waals surface area contributed by atoms with E-state index >= 15 is 0 Å². The Morgan fingerprint density at radius 1 is 1.00 bits per heavy atom. The van der Waals surface area contributed by atoms with Gasteiger partial charge >= 0.3 is 0 Å². The second-order valence-corrected chi connectivity index (χ2v) is 6.78. The highest BCUT2D eigenvalue weighted by Crippen LogP contribution is 2.31. The summed E-state index contributed by atoms with van der Waals surface area (Å²) in [5.74, 6) is 0.773. The zero-order valence-corrected chi connectivity index (χ0v) is 15.4. The lowest BCUT2D eigenvalue weighted by Crippen LogP contribution is -2.29. The Balaban J connectivity index is 1.59. The van der Waals surface area contributed by atoms with Gasteiger partial charge in [-0.3, -0.25) is 9.59 Å². The van der Waals surface area contributed by atoms with Gasteiger partial charge in [-0.15, -0.1) is 0 Å². The predicted octanol–water partition coefficient (Wildman–Crippen LogP) is 3.26. The van der Waals surface area contributed by atoms with E-state index in [4.69, 9.17) is 10.5 Å². The van der Waals surface area contributed by atoms with Gasteiger partial charge in [-0.1, -0.05) is 6.42 Å². The molecule has 4 N–H and O–H groups in total. The summed E-state index contributed by atoms with van der Waals surface area (Å²) in [6.07, 6.45) is 2.94. The normalized spacial score (nSPS) is 18.7. The summed E-state index contributed by atoms with van der Waals surface area (Å²) in [4.78, 5) is 24.8. The van der Waals surface area contributed by atoms with Crippen LogP contribution in [0, 0.1) is 11.8 Å². The van der Waals surface area contributed by atoms with Crippen LogP contribution in [0.3, 0.4) is 0 Å². The Morgan fingerprint density at radius 3 is 2.26 bits per heavy atom. The van der Waals surface area contributed by atoms with Crippen molar-refractivity contribution in [3.8, 4) is 5.75 Å². The van der Waals surface area contributed by atoms with Gasteiger partial charge in [0, 0.05) is 22.9 Å². The molecule has 1 fully saturated rings. The van der Waals surface area contributed by atoms with Crippen molar-refractivity contribution in [3.05, 3.63) is 54.1 Å². The summed E-state index contributed by atoms with van der Waals surface area (Å²) >= 11 is 0. The molecule has 0 aromatic heterocycles. The molecule has 1 aliphatic carbocycles. The third kappa shape index (κ3) is 4.65. The number of hydrogen-bond acceptors (Lipinski definition) is 4. The quantitative estimate of drug-likeness (QED) is 0.730. The van der Waals surface area contributed by atoms with Gasteiger partial charge in [0.05, 0.1) is 7.11 Å². The molecular formula is C21H25N3O3. The van der Waals surface area contributed by atoms with Crippen molar-refractivity contribution in [1.82, 2.24) is 0 Å². The number of carbonyl (C=O) groups excluding carboxylic acids is 2. The number of hydrogen-bond donors (Lipinski definition) is 3. The highest BCUT2D eigenvalue weighted by Gasteiger charge is 2.31. The number of amides is 2. The van der Waals surface area contributed by atoms with E-state index in [1.807, 2.05) is 0 Å². The van der Waals surface area contributed by atoms with Gasteiger partial charge in [-0.05, 0) is 73.8 Å². The molecule has 0 unspecified atom stereocenters. The molecule has 6 heteroatoms. The second kappa shape index (κ2) is 8.68. The first kappa shape index (κ1) is 18.9. The number of rotatable bonds is 6. The number of anilines is 2. The predicted molar refractivity (Wildman–Crippen MR) is 106 cm³/mol. The molecule has 142 valence electrons. The Bertz CT molecular complexity index is 787. The third-order valence-electron chi connectivity index (χ3n) is 5.06. The van der Waals surface area contributed by atoms with Crippen molar-refractivity contribution in [1.29, 1.82) is 0 Å². The van der Waals surface area contributed by atoms with Crippen LogP contribution in [0.5, 0.6) is 5.75 Å². The maximum atomic E-state index is 12.4. The number of ether oxygens (including phenoxy) is 1. The highest BCUT2D eigenvalue weighted by atomic mass is 16.5. The molecule has 0 radical (unpaired) electrons. The lowest BCUT2D eigenvalue weighted by molar-refractivity contribution is -0.120. The second-order valence-electron chi connectivity index (χ2n) is 6.78. The first-order valence-corrected chi connectivity index (χ1v) is 9.17. The Morgan fingerprint density at radius 2 is 1.63 bits per heavy atom. The molecule has 2 aromatic rings. The van der Waals surface area contributed by atoms with Crippen molar-refractivity contribution in [2.24, 2.45) is 17.6 Å². The van der Waals surface area contributed by atoms with E-state index in [1.165, 1.54) is 0 Å². The molecular weight excluding hydrogens is 342 g/mol. The summed E-state index contributed by atoms with van der Waals surface area (Å²) < 4.78 is 5.10. The van der Waals surface area contributed by atoms with Gasteiger partial charge in [0.25, 0.3) is 5.91 Å². The van der Waals surface area contributed by atoms with E-state index in [0.717, 1.165) is 25.0 Å². The topological polar surface area (TPSA) is 93.5 Å². The molecule has 3 rings (SSSR count). The number of methoxy groups -OCH3 is 1. The zero-order valence-electron chi connectivity index (χ0n) is 15.4. The van der Waals surface area contributed by atoms with E-state index in [0.29, 0.717) is 23.5 Å². The molecule has 0 heterocycles. The molecule has 2 aromatic carbocycles. The van der Waals surface area contributed by atoms with E-state index in [2.05, 4.69) is 10.6 Å². The zero-order chi connectivity index (χ0) is 19.2. The van der Waals surface area contributed by atoms with Crippen LogP contribution >= 0.6 is 0 Å². The van der Waals surface area contributed by atoms with Crippen molar-refractivity contribution in [2.45, 2.75) is 19.3 Å². The number of benzene rings is 2. The van der Waals surface area contributed by atoms with Crippen LogP contribution in [0.1, 0.15) is 29.6 Å². The summed E-state index contributed by atoms with van der Waals surface area (Å²) in [7, 11) is 1.59. The maximum Gasteiger partial charge on any atom is 0.255 e. The van der Waals surface area contributed by atoms with E-state index in [1.54, 1.807) is 55.6 Å². The first-order chi connectivity index (χ1) is 13.1. The summed E-state index contributed by atoms with van der Waals surface area (Å²) in [5, 5.41) is 5.77. The van der Waals surface area contributed by atoms with Gasteiger partial charge in [0.2, 0.25) is 5.91 Å². The molecule has 2 atom stereocenters. The van der Waals surface area contributed by atoms with E-state index < -0.39 is 0 Å². The van der Waals surface area contributed by atoms with E-state index in [-0.39, 0.29) is 23.7 Å². The standard InChI is InChI=1S/C21H25N3O3/c1-27-18-11-9-17(10-12-18)23-20(25)14-5-7-16(8-6-14)24-21(26)19-4-2-3-15(19)13-22/h5-12,15,19H,2-4,13,22H2,1H3,(H,23,25)(H,24,26)/t15-,19-/m1/s1. The smallest absolute Gasteiger partial charge is 0.255 e. The molecule has 0 saturated heterocycles. The van der Waals surface area contributed by atoms with Crippen molar-refractivity contribution in [2.75, 3.05) is 24.3 Å². The van der Waals surface area contributed by atoms with Crippen molar-refractivity contribution < 1.29 is 14.3 Å². The summed E-state index contributed by atoms with van der Waals surface area (Å²) in [6.45, 7) is 0.544. The van der Waals surface area contributed by atoms with Gasteiger partial charge in [-0.2, -0.15) is 0 Å². The van der Waals surface area contributed by atoms with Gasteiger partial charge in [-0.25, -0.2) is 0 Å².